The molecule has 2 aromatic heterocycles. The fourth-order valence-corrected chi connectivity index (χ4v) is 3.86. The molecule has 0 bridgehead atoms. The Bertz CT molecular complexity index is 1010. The number of thiophene rings is 1. The summed E-state index contributed by atoms with van der Waals surface area (Å²) in [6.07, 6.45) is 0.970. The van der Waals surface area contributed by atoms with E-state index in [-0.39, 0.29) is 0 Å². The number of nitrogens with zero attached hydrogens (tertiary/aromatic N) is 2. The van der Waals surface area contributed by atoms with Gasteiger partial charge in [-0.3, -0.25) is 0 Å². The highest BCUT2D eigenvalue weighted by Gasteiger charge is 2.14. The fourth-order valence-electron chi connectivity index (χ4n) is 2.94. The Morgan fingerprint density at radius 2 is 1.81 bits per heavy atom. The van der Waals surface area contributed by atoms with E-state index in [0.29, 0.717) is 6.54 Å². The molecule has 4 nitrogen and oxygen atoms in total. The summed E-state index contributed by atoms with van der Waals surface area (Å²) in [6.45, 7) is 2.47. The van der Waals surface area contributed by atoms with Crippen LogP contribution in [0.3, 0.4) is 0 Å². The zero-order chi connectivity index (χ0) is 17.9. The van der Waals surface area contributed by atoms with E-state index in [9.17, 15) is 5.11 Å². The highest BCUT2D eigenvalue weighted by Crippen LogP contribution is 2.36. The van der Waals surface area contributed by atoms with Gasteiger partial charge in [0.1, 0.15) is 17.0 Å². The third-order valence-electron chi connectivity index (χ3n) is 4.38. The van der Waals surface area contributed by atoms with Gasteiger partial charge < -0.3 is 10.4 Å². The van der Waals surface area contributed by atoms with Crippen molar-refractivity contribution in [3.05, 3.63) is 77.4 Å². The zero-order valence-electron chi connectivity index (χ0n) is 14.4. The van der Waals surface area contributed by atoms with Gasteiger partial charge >= 0.3 is 0 Å². The molecule has 0 aliphatic heterocycles. The highest BCUT2D eigenvalue weighted by molar-refractivity contribution is 7.17. The fraction of sp³-hybridized carbons (Fsp3) is 0.143. The van der Waals surface area contributed by atoms with E-state index in [2.05, 4.69) is 51.9 Å². The van der Waals surface area contributed by atoms with Crippen LogP contribution in [0.2, 0.25) is 0 Å². The molecule has 1 unspecified atom stereocenters. The van der Waals surface area contributed by atoms with Crippen molar-refractivity contribution in [2.24, 2.45) is 0 Å². The number of aryl methyl sites for hydroxylation is 1. The second-order valence-electron chi connectivity index (χ2n) is 6.23. The van der Waals surface area contributed by atoms with Crippen LogP contribution in [0.15, 0.2) is 66.3 Å². The molecule has 0 amide bonds. The van der Waals surface area contributed by atoms with Crippen molar-refractivity contribution in [3.8, 4) is 11.1 Å². The minimum absolute atomic E-state index is 0.388. The van der Waals surface area contributed by atoms with Gasteiger partial charge in [-0.25, -0.2) is 9.97 Å². The summed E-state index contributed by atoms with van der Waals surface area (Å²) in [5.41, 5.74) is 4.37. The maximum absolute atomic E-state index is 10.4. The number of nitrogens with one attached hydrogen (secondary N) is 1. The predicted octanol–water partition coefficient (Wildman–Crippen LogP) is 4.81. The summed E-state index contributed by atoms with van der Waals surface area (Å²) in [4.78, 5) is 9.75. The number of hydrogen-bond acceptors (Lipinski definition) is 5. The van der Waals surface area contributed by atoms with Gasteiger partial charge in [-0.15, -0.1) is 11.3 Å². The smallest absolute Gasteiger partial charge is 0.138 e. The molecule has 4 aromatic rings. The molecule has 0 fully saturated rings. The average Bonchev–Trinajstić information content (AvgIpc) is 3.12. The van der Waals surface area contributed by atoms with E-state index in [1.54, 1.807) is 17.7 Å². The molecule has 2 N–H and O–H groups in total. The molecule has 1 atom stereocenters. The van der Waals surface area contributed by atoms with Crippen molar-refractivity contribution in [3.63, 3.8) is 0 Å². The Morgan fingerprint density at radius 3 is 2.58 bits per heavy atom. The van der Waals surface area contributed by atoms with Gasteiger partial charge in [-0.1, -0.05) is 60.2 Å². The van der Waals surface area contributed by atoms with E-state index in [0.717, 1.165) is 32.7 Å². The van der Waals surface area contributed by atoms with E-state index in [1.807, 2.05) is 30.3 Å². The first-order valence-corrected chi connectivity index (χ1v) is 9.36. The Morgan fingerprint density at radius 1 is 1.04 bits per heavy atom. The molecule has 4 rings (SSSR count). The lowest BCUT2D eigenvalue weighted by Crippen LogP contribution is -2.13. The molecule has 0 aliphatic rings. The summed E-state index contributed by atoms with van der Waals surface area (Å²) in [5, 5.41) is 16.8. The molecule has 0 radical (unpaired) electrons. The predicted molar refractivity (Wildman–Crippen MR) is 107 cm³/mol. The zero-order valence-corrected chi connectivity index (χ0v) is 15.2. The number of anilines is 1. The minimum Gasteiger partial charge on any atom is -0.387 e. The molecule has 2 aromatic carbocycles. The van der Waals surface area contributed by atoms with Gasteiger partial charge in [0.2, 0.25) is 0 Å². The third-order valence-corrected chi connectivity index (χ3v) is 5.27. The van der Waals surface area contributed by atoms with Crippen LogP contribution in [0.5, 0.6) is 0 Å². The first kappa shape index (κ1) is 16.7. The summed E-state index contributed by atoms with van der Waals surface area (Å²) in [7, 11) is 0. The van der Waals surface area contributed by atoms with Crippen LogP contribution >= 0.6 is 11.3 Å². The van der Waals surface area contributed by atoms with Crippen LogP contribution in [0.1, 0.15) is 17.2 Å². The van der Waals surface area contributed by atoms with E-state index >= 15 is 0 Å². The molecule has 0 saturated carbocycles. The van der Waals surface area contributed by atoms with E-state index in [4.69, 9.17) is 0 Å². The number of hydrogen-bond donors (Lipinski definition) is 2. The summed E-state index contributed by atoms with van der Waals surface area (Å²) in [6, 6.07) is 18.1. The maximum atomic E-state index is 10.4. The van der Waals surface area contributed by atoms with Crippen LogP contribution in [0.25, 0.3) is 21.3 Å². The molecule has 2 heterocycles. The summed E-state index contributed by atoms with van der Waals surface area (Å²) < 4.78 is 0. The molecular weight excluding hydrogens is 342 g/mol. The largest absolute Gasteiger partial charge is 0.387 e. The average molecular weight is 361 g/mol. The van der Waals surface area contributed by atoms with Gasteiger partial charge in [0.05, 0.1) is 11.5 Å². The highest BCUT2D eigenvalue weighted by atomic mass is 32.1. The van der Waals surface area contributed by atoms with Crippen molar-refractivity contribution in [1.82, 2.24) is 9.97 Å². The molecule has 5 heteroatoms. The summed E-state index contributed by atoms with van der Waals surface area (Å²) in [5.74, 6) is 0.752. The third kappa shape index (κ3) is 3.31. The van der Waals surface area contributed by atoms with Crippen molar-refractivity contribution in [2.45, 2.75) is 13.0 Å². The number of aliphatic hydroxyl groups is 1. The Kier molecular flexibility index (Phi) is 4.65. The number of fused-ring (bicyclic) bond motifs is 1. The maximum Gasteiger partial charge on any atom is 0.138 e. The quantitative estimate of drug-likeness (QED) is 0.535. The van der Waals surface area contributed by atoms with E-state index in [1.165, 1.54) is 5.56 Å². The van der Waals surface area contributed by atoms with Gasteiger partial charge in [-0.2, -0.15) is 0 Å². The van der Waals surface area contributed by atoms with E-state index < -0.39 is 6.10 Å². The van der Waals surface area contributed by atoms with Crippen molar-refractivity contribution < 1.29 is 5.11 Å². The standard InChI is InChI=1S/C21H19N3OS/c1-14-7-9-15(10-8-14)17-12-26-21-19(17)20(23-13-24-21)22-11-18(25)16-5-3-2-4-6-16/h2-10,12-13,18,25H,11H2,1H3,(H,22,23,24). The van der Waals surface area contributed by atoms with Gasteiger partial charge in [0.25, 0.3) is 0 Å². The molecule has 0 aliphatic carbocycles. The molecule has 130 valence electrons. The monoisotopic (exact) mass is 361 g/mol. The first-order valence-electron chi connectivity index (χ1n) is 8.48. The molecule has 0 spiro atoms. The lowest BCUT2D eigenvalue weighted by atomic mass is 10.0. The lowest BCUT2D eigenvalue weighted by Gasteiger charge is -2.13. The van der Waals surface area contributed by atoms with Gasteiger partial charge in [0, 0.05) is 17.5 Å². The Balaban J connectivity index is 1.65. The molecule has 0 saturated heterocycles. The lowest BCUT2D eigenvalue weighted by molar-refractivity contribution is 0.191. The summed E-state index contributed by atoms with van der Waals surface area (Å²) >= 11 is 1.60. The minimum atomic E-state index is -0.595. The molecular formula is C21H19N3OS. The van der Waals surface area contributed by atoms with Crippen LogP contribution in [0, 0.1) is 6.92 Å². The number of rotatable bonds is 5. The topological polar surface area (TPSA) is 58.0 Å². The van der Waals surface area contributed by atoms with Crippen molar-refractivity contribution in [2.75, 3.05) is 11.9 Å². The first-order chi connectivity index (χ1) is 12.7. The second-order valence-corrected chi connectivity index (χ2v) is 7.08. The number of aromatic nitrogens is 2. The normalized spacial score (nSPS) is 12.2. The van der Waals surface area contributed by atoms with Gasteiger partial charge in [0.15, 0.2) is 0 Å². The van der Waals surface area contributed by atoms with Crippen LogP contribution < -0.4 is 5.32 Å². The Labute approximate surface area is 156 Å². The Hall–Kier alpha value is -2.76. The van der Waals surface area contributed by atoms with Crippen LogP contribution in [0.4, 0.5) is 5.82 Å². The number of benzene rings is 2. The molecule has 26 heavy (non-hydrogen) atoms. The van der Waals surface area contributed by atoms with Crippen LogP contribution in [-0.2, 0) is 0 Å². The number of aliphatic hydroxyl groups excluding tert-OH is 1. The SMILES string of the molecule is Cc1ccc(-c2csc3ncnc(NCC(O)c4ccccc4)c23)cc1. The van der Waals surface area contributed by atoms with Crippen molar-refractivity contribution in [1.29, 1.82) is 0 Å². The second kappa shape index (κ2) is 7.23. The van der Waals surface area contributed by atoms with Crippen molar-refractivity contribution >= 4 is 27.4 Å². The van der Waals surface area contributed by atoms with Crippen LogP contribution in [-0.4, -0.2) is 21.6 Å². The van der Waals surface area contributed by atoms with Gasteiger partial charge in [-0.05, 0) is 18.1 Å².